The number of benzene rings is 2. The number of hydrogen-bond donors (Lipinski definition) is 1. The van der Waals surface area contributed by atoms with E-state index >= 15 is 0 Å². The Balaban J connectivity index is 1.53. The fourth-order valence-electron chi connectivity index (χ4n) is 3.14. The summed E-state index contributed by atoms with van der Waals surface area (Å²) < 4.78 is 13.1. The average Bonchev–Trinajstić information content (AvgIpc) is 3.18. The van der Waals surface area contributed by atoms with Gasteiger partial charge >= 0.3 is 0 Å². The van der Waals surface area contributed by atoms with E-state index in [4.69, 9.17) is 9.47 Å². The van der Waals surface area contributed by atoms with Gasteiger partial charge in [-0.2, -0.15) is 0 Å². The number of para-hydroxylation sites is 1. The van der Waals surface area contributed by atoms with Crippen LogP contribution in [0.4, 0.5) is 0 Å². The lowest BCUT2D eigenvalue weighted by Crippen LogP contribution is -2.24. The average molecular weight is 441 g/mol. The Morgan fingerprint density at radius 1 is 1.10 bits per heavy atom. The van der Waals surface area contributed by atoms with Crippen molar-refractivity contribution in [2.45, 2.75) is 45.6 Å². The van der Waals surface area contributed by atoms with Gasteiger partial charge in [-0.25, -0.2) is 0 Å². The number of carbonyl (C=O) groups excluding carboxylic acids is 1. The molecule has 1 N–H and O–H groups in total. The Hall–Kier alpha value is -3.00. The van der Waals surface area contributed by atoms with E-state index in [0.29, 0.717) is 24.9 Å². The van der Waals surface area contributed by atoms with Gasteiger partial charge in [0.05, 0.1) is 12.9 Å². The zero-order chi connectivity index (χ0) is 22.2. The Kier molecular flexibility index (Phi) is 7.94. The normalized spacial score (nSPS) is 10.7. The second-order valence-electron chi connectivity index (χ2n) is 7.07. The SMILES string of the molecule is CCn1c(COc2c(C)cccc2C)nnc1SCC(=O)NCc1ccc(OC)cc1. The number of ether oxygens (including phenoxy) is 2. The van der Waals surface area contributed by atoms with Crippen LogP contribution >= 0.6 is 11.8 Å². The van der Waals surface area contributed by atoms with E-state index in [1.54, 1.807) is 7.11 Å². The van der Waals surface area contributed by atoms with E-state index in [9.17, 15) is 4.79 Å². The van der Waals surface area contributed by atoms with E-state index in [1.807, 2.05) is 67.8 Å². The molecule has 0 saturated heterocycles. The molecule has 0 aliphatic carbocycles. The summed E-state index contributed by atoms with van der Waals surface area (Å²) in [7, 11) is 1.63. The summed E-state index contributed by atoms with van der Waals surface area (Å²) in [6, 6.07) is 13.7. The van der Waals surface area contributed by atoms with E-state index in [1.165, 1.54) is 11.8 Å². The number of nitrogens with one attached hydrogen (secondary N) is 1. The van der Waals surface area contributed by atoms with E-state index in [0.717, 1.165) is 34.0 Å². The van der Waals surface area contributed by atoms with Gasteiger partial charge in [-0.15, -0.1) is 10.2 Å². The van der Waals surface area contributed by atoms with Crippen LogP contribution in [0.3, 0.4) is 0 Å². The third kappa shape index (κ3) is 6.01. The van der Waals surface area contributed by atoms with Crippen molar-refractivity contribution in [1.82, 2.24) is 20.1 Å². The molecule has 0 bridgehead atoms. The number of hydrogen-bond acceptors (Lipinski definition) is 6. The lowest BCUT2D eigenvalue weighted by atomic mass is 10.1. The molecule has 3 aromatic rings. The molecular weight excluding hydrogens is 412 g/mol. The first-order chi connectivity index (χ1) is 15.0. The minimum Gasteiger partial charge on any atom is -0.497 e. The first-order valence-electron chi connectivity index (χ1n) is 10.1. The molecular formula is C23H28N4O3S. The number of carbonyl (C=O) groups is 1. The minimum absolute atomic E-state index is 0.0557. The van der Waals surface area contributed by atoms with E-state index < -0.39 is 0 Å². The van der Waals surface area contributed by atoms with Crippen LogP contribution in [0.25, 0.3) is 0 Å². The summed E-state index contributed by atoms with van der Waals surface area (Å²) in [5.74, 6) is 2.62. The fraction of sp³-hybridized carbons (Fsp3) is 0.348. The molecule has 0 saturated carbocycles. The van der Waals surface area contributed by atoms with Gasteiger partial charge in [0, 0.05) is 13.1 Å². The van der Waals surface area contributed by atoms with Crippen molar-refractivity contribution < 1.29 is 14.3 Å². The number of amides is 1. The molecule has 164 valence electrons. The van der Waals surface area contributed by atoms with E-state index in [-0.39, 0.29) is 11.7 Å². The molecule has 0 spiro atoms. The first kappa shape index (κ1) is 22.7. The third-order valence-corrected chi connectivity index (χ3v) is 5.81. The van der Waals surface area contributed by atoms with Crippen LogP contribution in [0.1, 0.15) is 29.4 Å². The van der Waals surface area contributed by atoms with Crippen LogP contribution in [-0.4, -0.2) is 33.5 Å². The number of aryl methyl sites for hydroxylation is 2. The van der Waals surface area contributed by atoms with Gasteiger partial charge in [0.15, 0.2) is 11.0 Å². The molecule has 0 atom stereocenters. The zero-order valence-corrected chi connectivity index (χ0v) is 19.2. The maximum Gasteiger partial charge on any atom is 0.230 e. The standard InChI is InChI=1S/C23H28N4O3S/c1-5-27-20(14-30-22-16(2)7-6-8-17(22)3)25-26-23(27)31-15-21(28)24-13-18-9-11-19(29-4)12-10-18/h6-12H,5,13-15H2,1-4H3,(H,24,28). The number of thioether (sulfide) groups is 1. The Morgan fingerprint density at radius 2 is 1.81 bits per heavy atom. The van der Waals surface area contributed by atoms with Crippen molar-refractivity contribution in [3.63, 3.8) is 0 Å². The highest BCUT2D eigenvalue weighted by Gasteiger charge is 2.14. The molecule has 0 unspecified atom stereocenters. The number of nitrogens with zero attached hydrogens (tertiary/aromatic N) is 3. The highest BCUT2D eigenvalue weighted by Crippen LogP contribution is 2.24. The largest absolute Gasteiger partial charge is 0.497 e. The van der Waals surface area contributed by atoms with Crippen LogP contribution in [0.15, 0.2) is 47.6 Å². The second-order valence-corrected chi connectivity index (χ2v) is 8.01. The van der Waals surface area contributed by atoms with Crippen LogP contribution < -0.4 is 14.8 Å². The maximum absolute atomic E-state index is 12.3. The molecule has 7 nitrogen and oxygen atoms in total. The molecule has 1 aromatic heterocycles. The zero-order valence-electron chi connectivity index (χ0n) is 18.3. The topological polar surface area (TPSA) is 78.3 Å². The van der Waals surface area contributed by atoms with Gasteiger partial charge in [-0.1, -0.05) is 42.1 Å². The third-order valence-electron chi connectivity index (χ3n) is 4.85. The van der Waals surface area contributed by atoms with Gasteiger partial charge in [0.2, 0.25) is 5.91 Å². The predicted octanol–water partition coefficient (Wildman–Crippen LogP) is 3.91. The molecule has 31 heavy (non-hydrogen) atoms. The summed E-state index contributed by atoms with van der Waals surface area (Å²) in [6.07, 6.45) is 0. The van der Waals surface area contributed by atoms with Crippen LogP contribution in [0.2, 0.25) is 0 Å². The Morgan fingerprint density at radius 3 is 2.45 bits per heavy atom. The summed E-state index contributed by atoms with van der Waals surface area (Å²) >= 11 is 1.37. The Labute approximate surface area is 187 Å². The number of aromatic nitrogens is 3. The quantitative estimate of drug-likeness (QED) is 0.482. The van der Waals surface area contributed by atoms with E-state index in [2.05, 4.69) is 15.5 Å². The van der Waals surface area contributed by atoms with Crippen molar-refractivity contribution in [1.29, 1.82) is 0 Å². The fourth-order valence-corrected chi connectivity index (χ4v) is 3.99. The van der Waals surface area contributed by atoms with Crippen LogP contribution in [0.5, 0.6) is 11.5 Å². The highest BCUT2D eigenvalue weighted by atomic mass is 32.2. The van der Waals surface area contributed by atoms with Crippen molar-refractivity contribution >= 4 is 17.7 Å². The first-order valence-corrected chi connectivity index (χ1v) is 11.1. The highest BCUT2D eigenvalue weighted by molar-refractivity contribution is 7.99. The lowest BCUT2D eigenvalue weighted by Gasteiger charge is -2.12. The summed E-state index contributed by atoms with van der Waals surface area (Å²) in [4.78, 5) is 12.3. The van der Waals surface area contributed by atoms with Crippen molar-refractivity contribution in [2.75, 3.05) is 12.9 Å². The van der Waals surface area contributed by atoms with Gasteiger partial charge in [0.25, 0.3) is 0 Å². The van der Waals surface area contributed by atoms with Crippen LogP contribution in [0, 0.1) is 13.8 Å². The van der Waals surface area contributed by atoms with Gasteiger partial charge in [-0.05, 0) is 49.6 Å². The van der Waals surface area contributed by atoms with Gasteiger partial charge < -0.3 is 19.4 Å². The molecule has 3 rings (SSSR count). The predicted molar refractivity (Wildman–Crippen MR) is 122 cm³/mol. The smallest absolute Gasteiger partial charge is 0.230 e. The minimum atomic E-state index is -0.0557. The molecule has 8 heteroatoms. The second kappa shape index (κ2) is 10.9. The van der Waals surface area contributed by atoms with Crippen molar-refractivity contribution in [3.05, 3.63) is 65.0 Å². The van der Waals surface area contributed by atoms with Gasteiger partial charge in [0.1, 0.15) is 18.1 Å². The Bertz CT molecular complexity index is 998. The molecule has 0 aliphatic rings. The summed E-state index contributed by atoms with van der Waals surface area (Å²) in [5, 5.41) is 12.2. The monoisotopic (exact) mass is 440 g/mol. The molecule has 1 heterocycles. The molecule has 0 radical (unpaired) electrons. The number of methoxy groups -OCH3 is 1. The lowest BCUT2D eigenvalue weighted by molar-refractivity contribution is -0.118. The molecule has 1 amide bonds. The molecule has 0 fully saturated rings. The van der Waals surface area contributed by atoms with Crippen molar-refractivity contribution in [2.24, 2.45) is 0 Å². The number of rotatable bonds is 10. The summed E-state index contributed by atoms with van der Waals surface area (Å²) in [5.41, 5.74) is 3.19. The van der Waals surface area contributed by atoms with Crippen LogP contribution in [-0.2, 0) is 24.5 Å². The summed E-state index contributed by atoms with van der Waals surface area (Å²) in [6.45, 7) is 7.58. The maximum atomic E-state index is 12.3. The van der Waals surface area contributed by atoms with Crippen molar-refractivity contribution in [3.8, 4) is 11.5 Å². The molecule has 0 aliphatic heterocycles. The van der Waals surface area contributed by atoms with Gasteiger partial charge in [-0.3, -0.25) is 4.79 Å². The molecule has 2 aromatic carbocycles.